The Hall–Kier alpha value is -2.69. The third-order valence-electron chi connectivity index (χ3n) is 6.25. The van der Waals surface area contributed by atoms with Crippen LogP contribution in [0.3, 0.4) is 0 Å². The topological polar surface area (TPSA) is 53.5 Å². The molecule has 2 aromatic rings. The highest BCUT2D eigenvalue weighted by atomic mass is 16.2. The van der Waals surface area contributed by atoms with Gasteiger partial charge < -0.3 is 9.80 Å². The van der Waals surface area contributed by atoms with Crippen molar-refractivity contribution < 1.29 is 9.59 Å². The van der Waals surface area contributed by atoms with Crippen molar-refractivity contribution in [3.05, 3.63) is 66.0 Å². The van der Waals surface area contributed by atoms with E-state index in [2.05, 4.69) is 4.98 Å². The van der Waals surface area contributed by atoms with Gasteiger partial charge in [-0.2, -0.15) is 0 Å². The summed E-state index contributed by atoms with van der Waals surface area (Å²) in [6.45, 7) is 1.41. The molecule has 0 radical (unpaired) electrons. The molecule has 140 valence electrons. The smallest absolute Gasteiger partial charge is 0.230 e. The summed E-state index contributed by atoms with van der Waals surface area (Å²) in [6.07, 6.45) is 6.39. The normalized spacial score (nSPS) is 21.7. The van der Waals surface area contributed by atoms with E-state index >= 15 is 0 Å². The Balaban J connectivity index is 1.42. The second-order valence-corrected chi connectivity index (χ2v) is 7.71. The number of hydrogen-bond donors (Lipinski definition) is 0. The highest BCUT2D eigenvalue weighted by Gasteiger charge is 2.50. The first-order valence-corrected chi connectivity index (χ1v) is 9.58. The lowest BCUT2D eigenvalue weighted by molar-refractivity contribution is -0.135. The van der Waals surface area contributed by atoms with E-state index in [0.717, 1.165) is 30.4 Å². The molecule has 4 rings (SSSR count). The maximum atomic E-state index is 12.9. The van der Waals surface area contributed by atoms with E-state index < -0.39 is 0 Å². The molecule has 2 aliphatic heterocycles. The molecule has 1 aromatic heterocycles. The van der Waals surface area contributed by atoms with Crippen LogP contribution < -0.4 is 0 Å². The summed E-state index contributed by atoms with van der Waals surface area (Å²) in [5, 5.41) is 0. The number of carbonyl (C=O) groups is 2. The third kappa shape index (κ3) is 3.34. The summed E-state index contributed by atoms with van der Waals surface area (Å²) in [7, 11) is 1.93. The summed E-state index contributed by atoms with van der Waals surface area (Å²) < 4.78 is 0. The van der Waals surface area contributed by atoms with Gasteiger partial charge in [0.05, 0.1) is 12.3 Å². The van der Waals surface area contributed by atoms with Gasteiger partial charge in [0, 0.05) is 38.1 Å². The lowest BCUT2D eigenvalue weighted by Gasteiger charge is -2.43. The number of aromatic nitrogens is 1. The Morgan fingerprint density at radius 1 is 1.15 bits per heavy atom. The van der Waals surface area contributed by atoms with Crippen molar-refractivity contribution >= 4 is 11.8 Å². The molecule has 27 heavy (non-hydrogen) atoms. The molecule has 1 unspecified atom stereocenters. The number of carbonyl (C=O) groups excluding carboxylic acids is 2. The molecule has 5 heteroatoms. The van der Waals surface area contributed by atoms with E-state index in [-0.39, 0.29) is 23.3 Å². The average molecular weight is 363 g/mol. The molecular weight excluding hydrogens is 338 g/mol. The van der Waals surface area contributed by atoms with E-state index in [1.54, 1.807) is 12.4 Å². The van der Waals surface area contributed by atoms with E-state index in [1.807, 2.05) is 59.3 Å². The van der Waals surface area contributed by atoms with E-state index in [0.29, 0.717) is 19.5 Å². The maximum absolute atomic E-state index is 12.9. The third-order valence-corrected chi connectivity index (χ3v) is 6.25. The molecule has 3 heterocycles. The van der Waals surface area contributed by atoms with Crippen LogP contribution in [-0.2, 0) is 16.0 Å². The Labute approximate surface area is 160 Å². The van der Waals surface area contributed by atoms with E-state index in [9.17, 15) is 9.59 Å². The van der Waals surface area contributed by atoms with Crippen molar-refractivity contribution in [2.45, 2.75) is 37.1 Å². The van der Waals surface area contributed by atoms with Gasteiger partial charge in [-0.25, -0.2) is 0 Å². The number of benzene rings is 1. The summed E-state index contributed by atoms with van der Waals surface area (Å²) in [4.78, 5) is 33.5. The predicted molar refractivity (Wildman–Crippen MR) is 103 cm³/mol. The molecule has 2 aliphatic rings. The summed E-state index contributed by atoms with van der Waals surface area (Å²) in [5.74, 6) is 0.287. The molecule has 0 saturated carbocycles. The van der Waals surface area contributed by atoms with Crippen molar-refractivity contribution in [3.8, 4) is 0 Å². The van der Waals surface area contributed by atoms with Crippen LogP contribution in [0.5, 0.6) is 0 Å². The van der Waals surface area contributed by atoms with Gasteiger partial charge in [-0.15, -0.1) is 0 Å². The minimum absolute atomic E-state index is 0.0613. The highest BCUT2D eigenvalue weighted by Crippen LogP contribution is 2.44. The zero-order valence-electron chi connectivity index (χ0n) is 15.7. The van der Waals surface area contributed by atoms with Crippen LogP contribution >= 0.6 is 0 Å². The average Bonchev–Trinajstić information content (AvgIpc) is 2.95. The molecule has 2 saturated heterocycles. The number of likely N-dealkylation sites (tertiary alicyclic amines) is 2. The largest absolute Gasteiger partial charge is 0.342 e. The Bertz CT molecular complexity index is 814. The van der Waals surface area contributed by atoms with Crippen LogP contribution in [0.25, 0.3) is 0 Å². The molecule has 2 amide bonds. The highest BCUT2D eigenvalue weighted by molar-refractivity contribution is 5.87. The molecular formula is C22H25N3O2. The molecule has 0 N–H and O–H groups in total. The second kappa shape index (κ2) is 7.14. The molecule has 1 spiro atoms. The van der Waals surface area contributed by atoms with Crippen molar-refractivity contribution in [1.29, 1.82) is 0 Å². The first kappa shape index (κ1) is 17.7. The number of hydrogen-bond acceptors (Lipinski definition) is 3. The lowest BCUT2D eigenvalue weighted by Crippen LogP contribution is -2.53. The number of amides is 2. The van der Waals surface area contributed by atoms with Gasteiger partial charge in [0.1, 0.15) is 0 Å². The number of piperidine rings is 1. The number of rotatable bonds is 3. The SMILES string of the molecule is CN1C(=O)C(c2ccccc2)CC12CCN(C(=O)Cc1cccnc1)CC2. The van der Waals surface area contributed by atoms with Crippen molar-refractivity contribution in [1.82, 2.24) is 14.8 Å². The minimum atomic E-state index is -0.122. The quantitative estimate of drug-likeness (QED) is 0.842. The number of nitrogens with zero attached hydrogens (tertiary/aromatic N) is 3. The van der Waals surface area contributed by atoms with Gasteiger partial charge in [-0.1, -0.05) is 36.4 Å². The zero-order chi connectivity index (χ0) is 18.9. The fourth-order valence-electron chi connectivity index (χ4n) is 4.52. The summed E-state index contributed by atoms with van der Waals surface area (Å²) in [6, 6.07) is 13.8. The van der Waals surface area contributed by atoms with Crippen LogP contribution in [0, 0.1) is 0 Å². The lowest BCUT2D eigenvalue weighted by atomic mass is 9.81. The predicted octanol–water partition coefficient (Wildman–Crippen LogP) is 2.63. The maximum Gasteiger partial charge on any atom is 0.230 e. The number of pyridine rings is 1. The first-order chi connectivity index (χ1) is 13.1. The Morgan fingerprint density at radius 3 is 2.56 bits per heavy atom. The minimum Gasteiger partial charge on any atom is -0.342 e. The Morgan fingerprint density at radius 2 is 1.89 bits per heavy atom. The van der Waals surface area contributed by atoms with Crippen molar-refractivity contribution in [2.24, 2.45) is 0 Å². The monoisotopic (exact) mass is 363 g/mol. The molecule has 5 nitrogen and oxygen atoms in total. The van der Waals surface area contributed by atoms with Gasteiger partial charge in [-0.05, 0) is 36.5 Å². The summed E-state index contributed by atoms with van der Waals surface area (Å²) in [5.41, 5.74) is 1.92. The fraction of sp³-hybridized carbons (Fsp3) is 0.409. The molecule has 2 fully saturated rings. The van der Waals surface area contributed by atoms with Gasteiger partial charge in [0.25, 0.3) is 0 Å². The van der Waals surface area contributed by atoms with Crippen LogP contribution in [-0.4, -0.2) is 52.3 Å². The number of likely N-dealkylation sites (N-methyl/N-ethyl adjacent to an activating group) is 1. The summed E-state index contributed by atoms with van der Waals surface area (Å²) >= 11 is 0. The molecule has 1 atom stereocenters. The van der Waals surface area contributed by atoms with Crippen molar-refractivity contribution in [2.75, 3.05) is 20.1 Å². The second-order valence-electron chi connectivity index (χ2n) is 7.71. The van der Waals surface area contributed by atoms with Gasteiger partial charge in [0.15, 0.2) is 0 Å². The first-order valence-electron chi connectivity index (χ1n) is 9.58. The van der Waals surface area contributed by atoms with Crippen molar-refractivity contribution in [3.63, 3.8) is 0 Å². The van der Waals surface area contributed by atoms with E-state index in [4.69, 9.17) is 0 Å². The standard InChI is InChI=1S/C22H25N3O2/c1-24-21(27)19(18-7-3-2-4-8-18)15-22(24)9-12-25(13-10-22)20(26)14-17-6-5-11-23-16-17/h2-8,11,16,19H,9-10,12-15H2,1H3. The molecule has 0 aliphatic carbocycles. The van der Waals surface area contributed by atoms with Gasteiger partial charge in [-0.3, -0.25) is 14.6 Å². The van der Waals surface area contributed by atoms with E-state index in [1.165, 1.54) is 0 Å². The van der Waals surface area contributed by atoms with Crippen LogP contribution in [0.4, 0.5) is 0 Å². The molecule has 1 aromatic carbocycles. The van der Waals surface area contributed by atoms with Crippen LogP contribution in [0.15, 0.2) is 54.9 Å². The van der Waals surface area contributed by atoms with Gasteiger partial charge in [0.2, 0.25) is 11.8 Å². The van der Waals surface area contributed by atoms with Crippen LogP contribution in [0.2, 0.25) is 0 Å². The van der Waals surface area contributed by atoms with Gasteiger partial charge >= 0.3 is 0 Å². The fourth-order valence-corrected chi connectivity index (χ4v) is 4.52. The molecule has 0 bridgehead atoms. The van der Waals surface area contributed by atoms with Crippen LogP contribution in [0.1, 0.15) is 36.3 Å². The Kier molecular flexibility index (Phi) is 4.68. The zero-order valence-corrected chi connectivity index (χ0v) is 15.7.